The van der Waals surface area contributed by atoms with Gasteiger partial charge in [0.1, 0.15) is 0 Å². The molecule has 1 aromatic heterocycles. The third-order valence-corrected chi connectivity index (χ3v) is 3.16. The summed E-state index contributed by atoms with van der Waals surface area (Å²) in [7, 11) is 0. The highest BCUT2D eigenvalue weighted by Crippen LogP contribution is 2.30. The smallest absolute Gasteiger partial charge is 0.0987 e. The third-order valence-electron chi connectivity index (χ3n) is 1.98. The van der Waals surface area contributed by atoms with Crippen molar-refractivity contribution in [1.29, 1.82) is 0 Å². The number of imidazole rings is 1. The standard InChI is InChI=1S/C11H7BrCl2N2/c12-10(6-16-4-3-15-7-16)9-2-1-8(13)5-11(9)14/h1-7H/b10-6+. The Kier molecular flexibility index (Phi) is 3.69. The molecule has 0 saturated heterocycles. The van der Waals surface area contributed by atoms with Gasteiger partial charge in [0.05, 0.1) is 11.3 Å². The Morgan fingerprint density at radius 2 is 2.19 bits per heavy atom. The molecular formula is C11H7BrCl2N2. The second-order valence-electron chi connectivity index (χ2n) is 3.11. The third kappa shape index (κ3) is 2.67. The highest BCUT2D eigenvalue weighted by molar-refractivity contribution is 9.15. The van der Waals surface area contributed by atoms with E-state index in [0.717, 1.165) is 10.0 Å². The lowest BCUT2D eigenvalue weighted by atomic mass is 10.2. The summed E-state index contributed by atoms with van der Waals surface area (Å²) in [6.07, 6.45) is 7.12. The first kappa shape index (κ1) is 11.7. The van der Waals surface area contributed by atoms with Crippen molar-refractivity contribution in [2.75, 3.05) is 0 Å². The van der Waals surface area contributed by atoms with Crippen LogP contribution >= 0.6 is 39.1 Å². The molecule has 2 aromatic rings. The van der Waals surface area contributed by atoms with Crippen LogP contribution in [0.2, 0.25) is 10.0 Å². The van der Waals surface area contributed by atoms with Gasteiger partial charge >= 0.3 is 0 Å². The zero-order chi connectivity index (χ0) is 11.5. The predicted molar refractivity (Wildman–Crippen MR) is 71.8 cm³/mol. The summed E-state index contributed by atoms with van der Waals surface area (Å²) < 4.78 is 2.70. The Bertz CT molecular complexity index is 521. The molecule has 0 spiro atoms. The molecule has 0 bridgehead atoms. The van der Waals surface area contributed by atoms with Crippen LogP contribution in [0.4, 0.5) is 0 Å². The molecule has 0 amide bonds. The lowest BCUT2D eigenvalue weighted by Crippen LogP contribution is -1.84. The highest BCUT2D eigenvalue weighted by Gasteiger charge is 2.04. The van der Waals surface area contributed by atoms with Crippen LogP contribution in [-0.4, -0.2) is 9.55 Å². The van der Waals surface area contributed by atoms with Gasteiger partial charge in [-0.15, -0.1) is 0 Å². The van der Waals surface area contributed by atoms with Gasteiger partial charge in [0, 0.05) is 33.7 Å². The van der Waals surface area contributed by atoms with Crippen molar-refractivity contribution in [1.82, 2.24) is 9.55 Å². The monoisotopic (exact) mass is 316 g/mol. The molecule has 0 aliphatic heterocycles. The van der Waals surface area contributed by atoms with Crippen LogP contribution in [0.15, 0.2) is 36.9 Å². The average molecular weight is 318 g/mol. The zero-order valence-electron chi connectivity index (χ0n) is 8.07. The summed E-state index contributed by atoms with van der Waals surface area (Å²) in [5.41, 5.74) is 0.889. The Labute approximate surface area is 112 Å². The Hall–Kier alpha value is -0.770. The van der Waals surface area contributed by atoms with E-state index in [2.05, 4.69) is 20.9 Å². The molecule has 0 fully saturated rings. The van der Waals surface area contributed by atoms with E-state index in [0.29, 0.717) is 10.0 Å². The molecule has 0 radical (unpaired) electrons. The number of aromatic nitrogens is 2. The topological polar surface area (TPSA) is 17.8 Å². The fourth-order valence-electron chi connectivity index (χ4n) is 1.23. The molecule has 5 heteroatoms. The minimum atomic E-state index is 0.607. The molecule has 16 heavy (non-hydrogen) atoms. The fraction of sp³-hybridized carbons (Fsp3) is 0. The van der Waals surface area contributed by atoms with E-state index in [4.69, 9.17) is 23.2 Å². The molecule has 0 unspecified atom stereocenters. The fourth-order valence-corrected chi connectivity index (χ4v) is 2.44. The molecule has 0 aliphatic carbocycles. The second-order valence-corrected chi connectivity index (χ2v) is 4.81. The van der Waals surface area contributed by atoms with Gasteiger partial charge in [0.25, 0.3) is 0 Å². The molecule has 0 aliphatic rings. The minimum Gasteiger partial charge on any atom is -0.312 e. The van der Waals surface area contributed by atoms with Crippen molar-refractivity contribution in [3.05, 3.63) is 52.5 Å². The first-order valence-corrected chi connectivity index (χ1v) is 6.02. The largest absolute Gasteiger partial charge is 0.312 e. The quantitative estimate of drug-likeness (QED) is 0.795. The Morgan fingerprint density at radius 3 is 2.81 bits per heavy atom. The van der Waals surface area contributed by atoms with Crippen LogP contribution in [0.1, 0.15) is 5.56 Å². The molecule has 1 aromatic carbocycles. The number of hydrogen-bond donors (Lipinski definition) is 0. The van der Waals surface area contributed by atoms with Gasteiger partial charge in [0.2, 0.25) is 0 Å². The van der Waals surface area contributed by atoms with E-state index in [1.54, 1.807) is 24.7 Å². The van der Waals surface area contributed by atoms with E-state index in [1.807, 2.05) is 23.0 Å². The van der Waals surface area contributed by atoms with Crippen molar-refractivity contribution in [2.45, 2.75) is 0 Å². The predicted octanol–water partition coefficient (Wildman–Crippen LogP) is 4.54. The molecule has 1 heterocycles. The normalized spacial score (nSPS) is 11.8. The van der Waals surface area contributed by atoms with E-state index in [-0.39, 0.29) is 0 Å². The summed E-state index contributed by atoms with van der Waals surface area (Å²) in [6.45, 7) is 0. The number of rotatable bonds is 2. The SMILES string of the molecule is Clc1ccc(/C(Br)=C\n2ccnc2)c(Cl)c1. The van der Waals surface area contributed by atoms with Crippen LogP contribution in [0.5, 0.6) is 0 Å². The lowest BCUT2D eigenvalue weighted by molar-refractivity contribution is 1.14. The first-order valence-electron chi connectivity index (χ1n) is 4.47. The van der Waals surface area contributed by atoms with Crippen LogP contribution in [-0.2, 0) is 0 Å². The van der Waals surface area contributed by atoms with Crippen LogP contribution in [0.3, 0.4) is 0 Å². The van der Waals surface area contributed by atoms with Crippen LogP contribution in [0.25, 0.3) is 10.7 Å². The highest BCUT2D eigenvalue weighted by atomic mass is 79.9. The van der Waals surface area contributed by atoms with E-state index in [1.165, 1.54) is 0 Å². The number of nitrogens with zero attached hydrogens (tertiary/aromatic N) is 2. The Balaban J connectivity index is 2.37. The number of hydrogen-bond acceptors (Lipinski definition) is 1. The van der Waals surface area contributed by atoms with Gasteiger partial charge in [-0.3, -0.25) is 0 Å². The van der Waals surface area contributed by atoms with Gasteiger partial charge < -0.3 is 4.57 Å². The molecule has 0 atom stereocenters. The summed E-state index contributed by atoms with van der Waals surface area (Å²) in [5, 5.41) is 1.23. The van der Waals surface area contributed by atoms with E-state index in [9.17, 15) is 0 Å². The van der Waals surface area contributed by atoms with Crippen molar-refractivity contribution >= 4 is 49.8 Å². The lowest BCUT2D eigenvalue weighted by Gasteiger charge is -2.03. The van der Waals surface area contributed by atoms with Gasteiger partial charge in [-0.1, -0.05) is 29.3 Å². The zero-order valence-corrected chi connectivity index (χ0v) is 11.2. The van der Waals surface area contributed by atoms with Crippen molar-refractivity contribution in [2.24, 2.45) is 0 Å². The maximum atomic E-state index is 6.08. The Morgan fingerprint density at radius 1 is 1.38 bits per heavy atom. The van der Waals surface area contributed by atoms with Crippen LogP contribution < -0.4 is 0 Å². The average Bonchev–Trinajstić information content (AvgIpc) is 2.70. The maximum absolute atomic E-state index is 6.08. The van der Waals surface area contributed by atoms with Gasteiger partial charge in [-0.2, -0.15) is 0 Å². The molecule has 0 N–H and O–H groups in total. The molecular weight excluding hydrogens is 311 g/mol. The van der Waals surface area contributed by atoms with Gasteiger partial charge in [-0.05, 0) is 28.1 Å². The summed E-state index contributed by atoms with van der Waals surface area (Å²) in [5.74, 6) is 0. The second kappa shape index (κ2) is 5.04. The van der Waals surface area contributed by atoms with Crippen molar-refractivity contribution in [3.8, 4) is 0 Å². The number of benzene rings is 1. The molecule has 0 saturated carbocycles. The van der Waals surface area contributed by atoms with Gasteiger partial charge in [0.15, 0.2) is 0 Å². The minimum absolute atomic E-state index is 0.607. The summed E-state index contributed by atoms with van der Waals surface area (Å²) in [6, 6.07) is 5.37. The van der Waals surface area contributed by atoms with E-state index < -0.39 is 0 Å². The molecule has 2 rings (SSSR count). The maximum Gasteiger partial charge on any atom is 0.0987 e. The van der Waals surface area contributed by atoms with Crippen molar-refractivity contribution < 1.29 is 0 Å². The molecule has 82 valence electrons. The number of halogens is 3. The van der Waals surface area contributed by atoms with Crippen molar-refractivity contribution in [3.63, 3.8) is 0 Å². The summed E-state index contributed by atoms with van der Waals surface area (Å²) in [4.78, 5) is 3.95. The molecule has 2 nitrogen and oxygen atoms in total. The summed E-state index contributed by atoms with van der Waals surface area (Å²) >= 11 is 15.4. The van der Waals surface area contributed by atoms with E-state index >= 15 is 0 Å². The van der Waals surface area contributed by atoms with Crippen LogP contribution in [0, 0.1) is 0 Å². The first-order chi connectivity index (χ1) is 7.66. The van der Waals surface area contributed by atoms with Gasteiger partial charge in [-0.25, -0.2) is 4.98 Å².